The summed E-state index contributed by atoms with van der Waals surface area (Å²) in [6.07, 6.45) is 1.89. The van der Waals surface area contributed by atoms with Gasteiger partial charge in [-0.1, -0.05) is 22.0 Å². The molecular formula is C19H18BrF2N3O2. The van der Waals surface area contributed by atoms with Crippen molar-refractivity contribution in [3.8, 4) is 0 Å². The number of ether oxygens (including phenoxy) is 1. The number of guanidine groups is 1. The number of carbonyl (C=O) groups excluding carboxylic acids is 1. The molecule has 0 aromatic heterocycles. The number of benzene rings is 2. The van der Waals surface area contributed by atoms with Crippen LogP contribution < -0.4 is 10.6 Å². The van der Waals surface area contributed by atoms with E-state index in [9.17, 15) is 13.6 Å². The molecule has 0 aliphatic carbocycles. The first-order chi connectivity index (χ1) is 13.0. The third-order valence-corrected chi connectivity index (χ3v) is 4.47. The van der Waals surface area contributed by atoms with Crippen LogP contribution >= 0.6 is 15.9 Å². The Hall–Kier alpha value is -2.32. The molecule has 1 aliphatic rings. The Morgan fingerprint density at radius 1 is 1.22 bits per heavy atom. The Balaban J connectivity index is 1.76. The van der Waals surface area contributed by atoms with Crippen molar-refractivity contribution in [3.63, 3.8) is 0 Å². The van der Waals surface area contributed by atoms with Crippen LogP contribution in [0.1, 0.15) is 23.2 Å². The molecule has 1 aliphatic heterocycles. The number of anilines is 1. The van der Waals surface area contributed by atoms with E-state index >= 15 is 0 Å². The van der Waals surface area contributed by atoms with Crippen molar-refractivity contribution in [2.45, 2.75) is 18.9 Å². The summed E-state index contributed by atoms with van der Waals surface area (Å²) in [7, 11) is 0. The van der Waals surface area contributed by atoms with Crippen LogP contribution in [0.2, 0.25) is 0 Å². The summed E-state index contributed by atoms with van der Waals surface area (Å²) in [4.78, 5) is 16.8. The molecule has 0 spiro atoms. The summed E-state index contributed by atoms with van der Waals surface area (Å²) >= 11 is 3.38. The van der Waals surface area contributed by atoms with Crippen molar-refractivity contribution in [3.05, 3.63) is 64.1 Å². The molecule has 3 rings (SSSR count). The largest absolute Gasteiger partial charge is 0.376 e. The molecule has 0 unspecified atom stereocenters. The first kappa shape index (κ1) is 19.4. The highest BCUT2D eigenvalue weighted by atomic mass is 79.9. The molecule has 27 heavy (non-hydrogen) atoms. The lowest BCUT2D eigenvalue weighted by molar-refractivity contribution is 0.0975. The lowest BCUT2D eigenvalue weighted by atomic mass is 10.2. The molecule has 0 radical (unpaired) electrons. The standard InChI is InChI=1S/C19H18BrF2N3O2/c20-13-3-1-4-14(10-13)24-19(23-11-15-5-2-8-27-15)25-18(26)12-6-7-16(21)17(22)9-12/h1,3-4,6-7,9-10,15H,2,5,8,11H2,(H2,23,24,25,26)/t15-/m1/s1. The molecule has 142 valence electrons. The number of amides is 1. The van der Waals surface area contributed by atoms with Gasteiger partial charge >= 0.3 is 0 Å². The van der Waals surface area contributed by atoms with Crippen molar-refractivity contribution >= 4 is 33.5 Å². The number of hydrogen-bond acceptors (Lipinski definition) is 3. The second-order valence-corrected chi connectivity index (χ2v) is 6.96. The molecule has 2 N–H and O–H groups in total. The third kappa shape index (κ3) is 5.58. The van der Waals surface area contributed by atoms with Gasteiger partial charge in [-0.3, -0.25) is 10.1 Å². The van der Waals surface area contributed by atoms with Crippen molar-refractivity contribution in [1.29, 1.82) is 0 Å². The van der Waals surface area contributed by atoms with Crippen molar-refractivity contribution < 1.29 is 18.3 Å². The fraction of sp³-hybridized carbons (Fsp3) is 0.263. The molecule has 0 bridgehead atoms. The van der Waals surface area contributed by atoms with E-state index in [2.05, 4.69) is 31.6 Å². The Morgan fingerprint density at radius 2 is 2.07 bits per heavy atom. The normalized spacial score (nSPS) is 17.0. The number of aliphatic imine (C=N–C) groups is 1. The fourth-order valence-corrected chi connectivity index (χ4v) is 3.01. The van der Waals surface area contributed by atoms with Gasteiger partial charge in [0.2, 0.25) is 5.96 Å². The topological polar surface area (TPSA) is 62.7 Å². The van der Waals surface area contributed by atoms with Crippen LogP contribution in [0.4, 0.5) is 14.5 Å². The SMILES string of the molecule is O=C(NC(=NC[C@H]1CCCO1)Nc1cccc(Br)c1)c1ccc(F)c(F)c1. The summed E-state index contributed by atoms with van der Waals surface area (Å²) in [5.74, 6) is -2.48. The van der Waals surface area contributed by atoms with E-state index in [0.717, 1.165) is 29.4 Å². The van der Waals surface area contributed by atoms with E-state index in [1.807, 2.05) is 24.3 Å². The first-order valence-corrected chi connectivity index (χ1v) is 9.25. The van der Waals surface area contributed by atoms with Gasteiger partial charge in [0.25, 0.3) is 5.91 Å². The molecular weight excluding hydrogens is 420 g/mol. The summed E-state index contributed by atoms with van der Waals surface area (Å²) in [5, 5.41) is 5.65. The molecule has 2 aromatic rings. The average molecular weight is 438 g/mol. The number of rotatable bonds is 4. The minimum atomic E-state index is -1.08. The highest BCUT2D eigenvalue weighted by molar-refractivity contribution is 9.10. The Kier molecular flexibility index (Phi) is 6.52. The number of hydrogen-bond donors (Lipinski definition) is 2. The predicted octanol–water partition coefficient (Wildman–Crippen LogP) is 4.10. The molecule has 1 atom stereocenters. The first-order valence-electron chi connectivity index (χ1n) is 8.46. The van der Waals surface area contributed by atoms with Gasteiger partial charge in [-0.05, 0) is 49.2 Å². The van der Waals surface area contributed by atoms with Gasteiger partial charge in [0.15, 0.2) is 11.6 Å². The highest BCUT2D eigenvalue weighted by Crippen LogP contribution is 2.16. The molecule has 1 saturated heterocycles. The van der Waals surface area contributed by atoms with E-state index in [-0.39, 0.29) is 17.6 Å². The average Bonchev–Trinajstić information content (AvgIpc) is 3.15. The van der Waals surface area contributed by atoms with E-state index in [0.29, 0.717) is 18.8 Å². The van der Waals surface area contributed by atoms with E-state index in [1.54, 1.807) is 0 Å². The van der Waals surface area contributed by atoms with Gasteiger partial charge in [0.05, 0.1) is 12.6 Å². The van der Waals surface area contributed by atoms with Crippen LogP contribution in [-0.2, 0) is 4.74 Å². The number of halogens is 3. The second kappa shape index (κ2) is 9.05. The smallest absolute Gasteiger partial charge is 0.258 e. The maximum absolute atomic E-state index is 13.4. The Bertz CT molecular complexity index is 855. The Labute approximate surface area is 164 Å². The van der Waals surface area contributed by atoms with Crippen LogP contribution in [0.5, 0.6) is 0 Å². The quantitative estimate of drug-likeness (QED) is 0.558. The van der Waals surface area contributed by atoms with Crippen LogP contribution in [0.15, 0.2) is 51.9 Å². The lowest BCUT2D eigenvalue weighted by Gasteiger charge is -2.13. The molecule has 2 aromatic carbocycles. The van der Waals surface area contributed by atoms with Crippen LogP contribution in [0.3, 0.4) is 0 Å². The van der Waals surface area contributed by atoms with Gasteiger partial charge in [0.1, 0.15) is 0 Å². The predicted molar refractivity (Wildman–Crippen MR) is 103 cm³/mol. The van der Waals surface area contributed by atoms with Crippen molar-refractivity contribution in [2.24, 2.45) is 4.99 Å². The maximum atomic E-state index is 13.4. The summed E-state index contributed by atoms with van der Waals surface area (Å²) in [6, 6.07) is 10.3. The zero-order valence-corrected chi connectivity index (χ0v) is 15.9. The Morgan fingerprint density at radius 3 is 2.78 bits per heavy atom. The summed E-state index contributed by atoms with van der Waals surface area (Å²) < 4.78 is 32.9. The van der Waals surface area contributed by atoms with Gasteiger partial charge < -0.3 is 10.1 Å². The van der Waals surface area contributed by atoms with Gasteiger partial charge in [-0.15, -0.1) is 0 Å². The van der Waals surface area contributed by atoms with Crippen molar-refractivity contribution in [1.82, 2.24) is 5.32 Å². The van der Waals surface area contributed by atoms with Gasteiger partial charge in [0, 0.05) is 22.3 Å². The zero-order valence-electron chi connectivity index (χ0n) is 14.3. The van der Waals surface area contributed by atoms with Gasteiger partial charge in [-0.25, -0.2) is 13.8 Å². The molecule has 1 fully saturated rings. The van der Waals surface area contributed by atoms with E-state index in [4.69, 9.17) is 4.74 Å². The molecule has 5 nitrogen and oxygen atoms in total. The highest BCUT2D eigenvalue weighted by Gasteiger charge is 2.16. The monoisotopic (exact) mass is 437 g/mol. The molecule has 0 saturated carbocycles. The van der Waals surface area contributed by atoms with Crippen molar-refractivity contribution in [2.75, 3.05) is 18.5 Å². The number of nitrogens with zero attached hydrogens (tertiary/aromatic N) is 1. The summed E-state index contributed by atoms with van der Waals surface area (Å²) in [6.45, 7) is 1.09. The fourth-order valence-electron chi connectivity index (χ4n) is 2.61. The second-order valence-electron chi connectivity index (χ2n) is 6.04. The van der Waals surface area contributed by atoms with Crippen LogP contribution in [-0.4, -0.2) is 31.1 Å². The molecule has 1 heterocycles. The number of carbonyl (C=O) groups is 1. The van der Waals surface area contributed by atoms with Crippen LogP contribution in [0.25, 0.3) is 0 Å². The van der Waals surface area contributed by atoms with E-state index in [1.165, 1.54) is 6.07 Å². The zero-order chi connectivity index (χ0) is 19.2. The van der Waals surface area contributed by atoms with Crippen LogP contribution in [0, 0.1) is 11.6 Å². The molecule has 1 amide bonds. The van der Waals surface area contributed by atoms with Gasteiger partial charge in [-0.2, -0.15) is 0 Å². The lowest BCUT2D eigenvalue weighted by Crippen LogP contribution is -2.36. The minimum absolute atomic E-state index is 0.00415. The number of nitrogens with one attached hydrogen (secondary N) is 2. The van der Waals surface area contributed by atoms with E-state index < -0.39 is 17.5 Å². The molecule has 8 heteroatoms. The third-order valence-electron chi connectivity index (χ3n) is 3.98. The minimum Gasteiger partial charge on any atom is -0.376 e. The maximum Gasteiger partial charge on any atom is 0.258 e. The summed E-state index contributed by atoms with van der Waals surface area (Å²) in [5.41, 5.74) is 0.704.